The van der Waals surface area contributed by atoms with Crippen molar-refractivity contribution in [1.29, 1.82) is 0 Å². The van der Waals surface area contributed by atoms with Crippen LogP contribution in [0.1, 0.15) is 34.3 Å². The van der Waals surface area contributed by atoms with E-state index in [0.29, 0.717) is 38.0 Å². The summed E-state index contributed by atoms with van der Waals surface area (Å²) >= 11 is 0. The highest BCUT2D eigenvalue weighted by Crippen LogP contribution is 2.27. The molecule has 2 aromatic carbocycles. The summed E-state index contributed by atoms with van der Waals surface area (Å²) in [5, 5.41) is 20.4. The van der Waals surface area contributed by atoms with Gasteiger partial charge in [-0.3, -0.25) is 9.69 Å². The van der Waals surface area contributed by atoms with Crippen molar-refractivity contribution < 1.29 is 15.0 Å². The van der Waals surface area contributed by atoms with Gasteiger partial charge in [-0.2, -0.15) is 0 Å². The van der Waals surface area contributed by atoms with Crippen LogP contribution in [-0.4, -0.2) is 57.7 Å². The van der Waals surface area contributed by atoms with Crippen molar-refractivity contribution in [1.82, 2.24) is 9.80 Å². The first kappa shape index (κ1) is 18.0. The van der Waals surface area contributed by atoms with Gasteiger partial charge < -0.3 is 15.1 Å². The van der Waals surface area contributed by atoms with Gasteiger partial charge in [0.15, 0.2) is 0 Å². The van der Waals surface area contributed by atoms with Crippen LogP contribution in [0.15, 0.2) is 48.5 Å². The van der Waals surface area contributed by atoms with Gasteiger partial charge in [-0.25, -0.2) is 0 Å². The van der Waals surface area contributed by atoms with Crippen LogP contribution in [0.2, 0.25) is 0 Å². The summed E-state index contributed by atoms with van der Waals surface area (Å²) in [6.07, 6.45) is 2.21. The van der Waals surface area contributed by atoms with Gasteiger partial charge in [-0.15, -0.1) is 0 Å². The van der Waals surface area contributed by atoms with E-state index in [1.165, 1.54) is 23.3 Å². The highest BCUT2D eigenvalue weighted by molar-refractivity contribution is 5.94. The second-order valence-corrected chi connectivity index (χ2v) is 7.79. The van der Waals surface area contributed by atoms with Crippen molar-refractivity contribution in [3.63, 3.8) is 0 Å². The van der Waals surface area contributed by atoms with Crippen molar-refractivity contribution in [2.75, 3.05) is 26.2 Å². The van der Waals surface area contributed by atoms with E-state index in [1.807, 2.05) is 0 Å². The second kappa shape index (κ2) is 7.33. The maximum Gasteiger partial charge on any atom is 0.253 e. The Kier molecular flexibility index (Phi) is 4.89. The van der Waals surface area contributed by atoms with Gasteiger partial charge in [0.2, 0.25) is 0 Å². The number of carbonyl (C=O) groups excluding carboxylic acids is 1. The number of fused-ring (bicyclic) bond motifs is 1. The van der Waals surface area contributed by atoms with E-state index in [0.717, 1.165) is 19.5 Å². The van der Waals surface area contributed by atoms with Crippen LogP contribution in [0, 0.1) is 0 Å². The quantitative estimate of drug-likeness (QED) is 0.876. The van der Waals surface area contributed by atoms with Crippen LogP contribution in [0.25, 0.3) is 0 Å². The molecule has 5 heteroatoms. The Labute approximate surface area is 159 Å². The third kappa shape index (κ3) is 3.99. The molecule has 0 spiro atoms. The summed E-state index contributed by atoms with van der Waals surface area (Å²) in [7, 11) is 0. The van der Waals surface area contributed by atoms with Crippen LogP contribution in [0.5, 0.6) is 5.75 Å². The largest absolute Gasteiger partial charge is 0.508 e. The lowest BCUT2D eigenvalue weighted by Gasteiger charge is -2.42. The number of aromatic hydroxyl groups is 1. The number of piperidine rings is 1. The molecule has 142 valence electrons. The minimum absolute atomic E-state index is 0.0380. The zero-order valence-corrected chi connectivity index (χ0v) is 15.5. The van der Waals surface area contributed by atoms with Gasteiger partial charge in [0.1, 0.15) is 5.75 Å². The number of phenolic OH excluding ortho intramolecular Hbond substituents is 1. The summed E-state index contributed by atoms with van der Waals surface area (Å²) in [5.41, 5.74) is 2.60. The first-order valence-corrected chi connectivity index (χ1v) is 9.62. The third-order valence-electron chi connectivity index (χ3n) is 5.82. The number of nitrogens with zero attached hydrogens (tertiary/aromatic N) is 2. The van der Waals surface area contributed by atoms with E-state index >= 15 is 0 Å². The summed E-state index contributed by atoms with van der Waals surface area (Å²) in [6, 6.07) is 14.9. The molecule has 0 atom stereocenters. The Morgan fingerprint density at radius 2 is 1.63 bits per heavy atom. The molecule has 2 N–H and O–H groups in total. The molecule has 0 bridgehead atoms. The summed E-state index contributed by atoms with van der Waals surface area (Å²) < 4.78 is 0. The second-order valence-electron chi connectivity index (χ2n) is 7.79. The fraction of sp³-hybridized carbons (Fsp3) is 0.409. The number of carbonyl (C=O) groups is 1. The lowest BCUT2D eigenvalue weighted by Crippen LogP contribution is -2.52. The lowest BCUT2D eigenvalue weighted by atomic mass is 9.89. The first-order valence-electron chi connectivity index (χ1n) is 9.62. The average Bonchev–Trinajstić information content (AvgIpc) is 2.68. The highest BCUT2D eigenvalue weighted by atomic mass is 16.3. The summed E-state index contributed by atoms with van der Waals surface area (Å²) in [5.74, 6) is 0.117. The first-order chi connectivity index (χ1) is 13.0. The Bertz CT molecular complexity index is 811. The molecule has 0 aromatic heterocycles. The smallest absolute Gasteiger partial charge is 0.253 e. The van der Waals surface area contributed by atoms with E-state index in [4.69, 9.17) is 0 Å². The maximum atomic E-state index is 12.6. The van der Waals surface area contributed by atoms with Crippen molar-refractivity contribution in [2.45, 2.75) is 31.4 Å². The number of β-amino-alcohol motifs (C(OH)–C–C–N with tert-alkyl or cyclic N) is 1. The molecule has 1 fully saturated rings. The predicted octanol–water partition coefficient (Wildman–Crippen LogP) is 2.42. The molecule has 5 nitrogen and oxygen atoms in total. The highest BCUT2D eigenvalue weighted by Gasteiger charge is 2.36. The maximum absolute atomic E-state index is 12.6. The van der Waals surface area contributed by atoms with Gasteiger partial charge in [0, 0.05) is 38.3 Å². The SMILES string of the molecule is O=C(c1ccc(O)cc1)N1CCC(O)(CN2CCc3ccccc3C2)CC1. The molecule has 2 heterocycles. The van der Waals surface area contributed by atoms with Crippen LogP contribution in [0.4, 0.5) is 0 Å². The number of rotatable bonds is 3. The van der Waals surface area contributed by atoms with Crippen LogP contribution in [0.3, 0.4) is 0 Å². The van der Waals surface area contributed by atoms with Crippen molar-refractivity contribution in [3.05, 3.63) is 65.2 Å². The topological polar surface area (TPSA) is 64.0 Å². The molecule has 2 aromatic rings. The van der Waals surface area contributed by atoms with Crippen LogP contribution >= 0.6 is 0 Å². The van der Waals surface area contributed by atoms with E-state index in [2.05, 4.69) is 29.2 Å². The molecule has 2 aliphatic rings. The molecule has 0 saturated carbocycles. The molecule has 0 radical (unpaired) electrons. The number of benzene rings is 2. The minimum Gasteiger partial charge on any atom is -0.508 e. The summed E-state index contributed by atoms with van der Waals surface area (Å²) in [6.45, 7) is 3.62. The fourth-order valence-corrected chi connectivity index (χ4v) is 4.18. The van der Waals surface area contributed by atoms with E-state index < -0.39 is 5.60 Å². The Morgan fingerprint density at radius 3 is 2.33 bits per heavy atom. The predicted molar refractivity (Wildman–Crippen MR) is 104 cm³/mol. The minimum atomic E-state index is -0.738. The van der Waals surface area contributed by atoms with Crippen molar-refractivity contribution in [2.24, 2.45) is 0 Å². The van der Waals surface area contributed by atoms with E-state index in [1.54, 1.807) is 17.0 Å². The van der Waals surface area contributed by atoms with Crippen LogP contribution < -0.4 is 0 Å². The number of aliphatic hydroxyl groups is 1. The number of likely N-dealkylation sites (tertiary alicyclic amines) is 1. The Balaban J connectivity index is 1.34. The molecule has 1 amide bonds. The molecular weight excluding hydrogens is 340 g/mol. The average molecular weight is 366 g/mol. The van der Waals surface area contributed by atoms with E-state index in [-0.39, 0.29) is 11.7 Å². The fourth-order valence-electron chi connectivity index (χ4n) is 4.18. The number of phenols is 1. The molecule has 1 saturated heterocycles. The monoisotopic (exact) mass is 366 g/mol. The number of hydrogen-bond acceptors (Lipinski definition) is 4. The van der Waals surface area contributed by atoms with Gasteiger partial charge in [-0.1, -0.05) is 24.3 Å². The van der Waals surface area contributed by atoms with Crippen molar-refractivity contribution >= 4 is 5.91 Å². The molecule has 27 heavy (non-hydrogen) atoms. The standard InChI is InChI=1S/C22H26N2O3/c25-20-7-5-18(6-8-20)21(26)24-13-10-22(27,11-14-24)16-23-12-9-17-3-1-2-4-19(17)15-23/h1-8,25,27H,9-16H2. The van der Waals surface area contributed by atoms with Crippen LogP contribution in [-0.2, 0) is 13.0 Å². The zero-order chi connectivity index (χ0) is 18.9. The summed E-state index contributed by atoms with van der Waals surface area (Å²) in [4.78, 5) is 16.7. The molecule has 2 aliphatic heterocycles. The van der Waals surface area contributed by atoms with Gasteiger partial charge in [-0.05, 0) is 54.7 Å². The number of amides is 1. The van der Waals surface area contributed by atoms with E-state index in [9.17, 15) is 15.0 Å². The third-order valence-corrected chi connectivity index (χ3v) is 5.82. The normalized spacial score (nSPS) is 19.5. The van der Waals surface area contributed by atoms with Gasteiger partial charge in [0.25, 0.3) is 5.91 Å². The lowest BCUT2D eigenvalue weighted by molar-refractivity contribution is -0.0430. The number of hydrogen-bond donors (Lipinski definition) is 2. The Morgan fingerprint density at radius 1 is 0.963 bits per heavy atom. The zero-order valence-electron chi connectivity index (χ0n) is 15.5. The molecular formula is C22H26N2O3. The van der Waals surface area contributed by atoms with Crippen molar-refractivity contribution in [3.8, 4) is 5.75 Å². The molecule has 0 aliphatic carbocycles. The molecule has 0 unspecified atom stereocenters. The van der Waals surface area contributed by atoms with Gasteiger partial charge in [0.05, 0.1) is 5.60 Å². The van der Waals surface area contributed by atoms with Gasteiger partial charge >= 0.3 is 0 Å². The molecule has 4 rings (SSSR count). The Hall–Kier alpha value is -2.37.